The summed E-state index contributed by atoms with van der Waals surface area (Å²) in [5, 5.41) is 7.91. The highest BCUT2D eigenvalue weighted by Crippen LogP contribution is 2.14. The topological polar surface area (TPSA) is 98.5 Å². The van der Waals surface area contributed by atoms with Crippen molar-refractivity contribution in [3.63, 3.8) is 0 Å². The molecule has 0 bridgehead atoms. The SMILES string of the molecule is CC(C)COc1cccc(C(=O)NCCc2ccc(S(N)(=O)=O)cc2)c1. The van der Waals surface area contributed by atoms with Crippen LogP contribution in [0.15, 0.2) is 53.4 Å². The van der Waals surface area contributed by atoms with Gasteiger partial charge in [0, 0.05) is 12.1 Å². The Labute approximate surface area is 154 Å². The first kappa shape index (κ1) is 19.9. The number of carbonyl (C=O) groups excluding carboxylic acids is 1. The monoisotopic (exact) mass is 376 g/mol. The fourth-order valence-electron chi connectivity index (χ4n) is 2.26. The van der Waals surface area contributed by atoms with Gasteiger partial charge in [0.2, 0.25) is 10.0 Å². The quantitative estimate of drug-likeness (QED) is 0.739. The summed E-state index contributed by atoms with van der Waals surface area (Å²) >= 11 is 0. The molecule has 140 valence electrons. The summed E-state index contributed by atoms with van der Waals surface area (Å²) in [6.45, 7) is 5.16. The second kappa shape index (κ2) is 8.82. The molecule has 0 fully saturated rings. The molecule has 0 heterocycles. The van der Waals surface area contributed by atoms with Crippen molar-refractivity contribution in [1.29, 1.82) is 0 Å². The summed E-state index contributed by atoms with van der Waals surface area (Å²) in [5.41, 5.74) is 1.45. The molecule has 2 aromatic carbocycles. The maximum absolute atomic E-state index is 12.2. The Balaban J connectivity index is 1.88. The zero-order valence-electron chi connectivity index (χ0n) is 14.9. The molecule has 0 spiro atoms. The molecule has 26 heavy (non-hydrogen) atoms. The first-order valence-electron chi connectivity index (χ1n) is 8.38. The lowest BCUT2D eigenvalue weighted by Gasteiger charge is -2.10. The maximum Gasteiger partial charge on any atom is 0.251 e. The number of nitrogens with two attached hydrogens (primary N) is 1. The average molecular weight is 376 g/mol. The zero-order valence-corrected chi connectivity index (χ0v) is 15.8. The van der Waals surface area contributed by atoms with Crippen molar-refractivity contribution in [2.45, 2.75) is 25.2 Å². The van der Waals surface area contributed by atoms with E-state index in [0.29, 0.717) is 36.8 Å². The van der Waals surface area contributed by atoms with Crippen LogP contribution in [-0.4, -0.2) is 27.5 Å². The summed E-state index contributed by atoms with van der Waals surface area (Å²) in [4.78, 5) is 12.3. The molecule has 0 saturated carbocycles. The van der Waals surface area contributed by atoms with E-state index >= 15 is 0 Å². The normalized spacial score (nSPS) is 11.4. The number of hydrogen-bond donors (Lipinski definition) is 2. The molecule has 0 atom stereocenters. The van der Waals surface area contributed by atoms with Crippen LogP contribution in [0.4, 0.5) is 0 Å². The van der Waals surface area contributed by atoms with Gasteiger partial charge in [0.15, 0.2) is 0 Å². The molecule has 0 radical (unpaired) electrons. The molecule has 7 heteroatoms. The van der Waals surface area contributed by atoms with E-state index < -0.39 is 10.0 Å². The van der Waals surface area contributed by atoms with Crippen molar-refractivity contribution in [3.8, 4) is 5.75 Å². The van der Waals surface area contributed by atoms with Crippen LogP contribution in [0.5, 0.6) is 5.75 Å². The molecule has 6 nitrogen and oxygen atoms in total. The predicted octanol–water partition coefficient (Wildman–Crippen LogP) is 2.34. The molecule has 1 amide bonds. The Hall–Kier alpha value is -2.38. The Kier molecular flexibility index (Phi) is 6.76. The summed E-state index contributed by atoms with van der Waals surface area (Å²) < 4.78 is 28.1. The summed E-state index contributed by atoms with van der Waals surface area (Å²) in [6.07, 6.45) is 0.584. The van der Waals surface area contributed by atoms with Gasteiger partial charge >= 0.3 is 0 Å². The molecular formula is C19H24N2O4S. The highest BCUT2D eigenvalue weighted by atomic mass is 32.2. The highest BCUT2D eigenvalue weighted by molar-refractivity contribution is 7.89. The van der Waals surface area contributed by atoms with Crippen LogP contribution >= 0.6 is 0 Å². The van der Waals surface area contributed by atoms with E-state index in [1.807, 2.05) is 6.07 Å². The van der Waals surface area contributed by atoms with Crippen LogP contribution < -0.4 is 15.2 Å². The minimum Gasteiger partial charge on any atom is -0.493 e. The van der Waals surface area contributed by atoms with Crippen LogP contribution in [0.2, 0.25) is 0 Å². The van der Waals surface area contributed by atoms with E-state index in [4.69, 9.17) is 9.88 Å². The van der Waals surface area contributed by atoms with E-state index in [0.717, 1.165) is 5.56 Å². The number of carbonyl (C=O) groups is 1. The van der Waals surface area contributed by atoms with Gasteiger partial charge in [-0.25, -0.2) is 13.6 Å². The van der Waals surface area contributed by atoms with Crippen molar-refractivity contribution >= 4 is 15.9 Å². The molecule has 0 saturated heterocycles. The van der Waals surface area contributed by atoms with Gasteiger partial charge in [-0.2, -0.15) is 0 Å². The minimum absolute atomic E-state index is 0.0727. The van der Waals surface area contributed by atoms with Crippen molar-refractivity contribution < 1.29 is 17.9 Å². The number of amides is 1. The van der Waals surface area contributed by atoms with Gasteiger partial charge in [0.1, 0.15) is 5.75 Å². The van der Waals surface area contributed by atoms with Gasteiger partial charge in [-0.1, -0.05) is 32.0 Å². The van der Waals surface area contributed by atoms with E-state index in [9.17, 15) is 13.2 Å². The number of hydrogen-bond acceptors (Lipinski definition) is 4. The van der Waals surface area contributed by atoms with Crippen LogP contribution in [0.25, 0.3) is 0 Å². The van der Waals surface area contributed by atoms with Crippen LogP contribution in [0.3, 0.4) is 0 Å². The molecule has 0 unspecified atom stereocenters. The van der Waals surface area contributed by atoms with Crippen molar-refractivity contribution in [1.82, 2.24) is 5.32 Å². The number of primary sulfonamides is 1. The largest absolute Gasteiger partial charge is 0.493 e. The Bertz CT molecular complexity index is 846. The number of ether oxygens (including phenoxy) is 1. The van der Waals surface area contributed by atoms with Gasteiger partial charge in [-0.3, -0.25) is 4.79 Å². The molecular weight excluding hydrogens is 352 g/mol. The summed E-state index contributed by atoms with van der Waals surface area (Å²) in [6, 6.07) is 13.4. The zero-order chi connectivity index (χ0) is 19.2. The van der Waals surface area contributed by atoms with Crippen molar-refractivity contribution in [2.24, 2.45) is 11.1 Å². The predicted molar refractivity (Wildman–Crippen MR) is 101 cm³/mol. The van der Waals surface area contributed by atoms with E-state index in [2.05, 4.69) is 19.2 Å². The van der Waals surface area contributed by atoms with Crippen molar-refractivity contribution in [2.75, 3.05) is 13.2 Å². The molecule has 0 aromatic heterocycles. The first-order valence-corrected chi connectivity index (χ1v) is 9.93. The van der Waals surface area contributed by atoms with Crippen molar-refractivity contribution in [3.05, 3.63) is 59.7 Å². The van der Waals surface area contributed by atoms with E-state index in [-0.39, 0.29) is 10.8 Å². The lowest BCUT2D eigenvalue weighted by molar-refractivity contribution is 0.0953. The molecule has 2 rings (SSSR count). The van der Waals surface area contributed by atoms with Crippen LogP contribution in [0, 0.1) is 5.92 Å². The fourth-order valence-corrected chi connectivity index (χ4v) is 2.77. The lowest BCUT2D eigenvalue weighted by Crippen LogP contribution is -2.25. The average Bonchev–Trinajstić information content (AvgIpc) is 2.60. The fraction of sp³-hybridized carbons (Fsp3) is 0.316. The van der Waals surface area contributed by atoms with Gasteiger partial charge < -0.3 is 10.1 Å². The number of rotatable bonds is 8. The molecule has 0 aliphatic carbocycles. The number of benzene rings is 2. The minimum atomic E-state index is -3.69. The second-order valence-electron chi connectivity index (χ2n) is 6.43. The van der Waals surface area contributed by atoms with E-state index in [1.54, 1.807) is 30.3 Å². The maximum atomic E-state index is 12.2. The second-order valence-corrected chi connectivity index (χ2v) is 7.99. The standard InChI is InChI=1S/C19H24N2O4S/c1-14(2)13-25-17-5-3-4-16(12-17)19(22)21-11-10-15-6-8-18(9-7-15)26(20,23)24/h3-9,12,14H,10-11,13H2,1-2H3,(H,21,22)(H2,20,23,24). The Morgan fingerprint density at radius 1 is 1.15 bits per heavy atom. The number of nitrogens with one attached hydrogen (secondary N) is 1. The molecule has 0 aliphatic heterocycles. The van der Waals surface area contributed by atoms with Crippen LogP contribution in [-0.2, 0) is 16.4 Å². The highest BCUT2D eigenvalue weighted by Gasteiger charge is 2.08. The Morgan fingerprint density at radius 2 is 1.85 bits per heavy atom. The summed E-state index contributed by atoms with van der Waals surface area (Å²) in [5.74, 6) is 0.902. The molecule has 0 aliphatic rings. The first-order chi connectivity index (χ1) is 12.3. The van der Waals surface area contributed by atoms with Crippen LogP contribution in [0.1, 0.15) is 29.8 Å². The van der Waals surface area contributed by atoms with Gasteiger partial charge in [-0.15, -0.1) is 0 Å². The lowest BCUT2D eigenvalue weighted by atomic mass is 10.1. The van der Waals surface area contributed by atoms with Gasteiger partial charge in [-0.05, 0) is 48.2 Å². The van der Waals surface area contributed by atoms with Gasteiger partial charge in [0.25, 0.3) is 5.91 Å². The van der Waals surface area contributed by atoms with E-state index in [1.165, 1.54) is 12.1 Å². The third-order valence-electron chi connectivity index (χ3n) is 3.63. The smallest absolute Gasteiger partial charge is 0.251 e. The third kappa shape index (κ3) is 6.16. The summed E-state index contributed by atoms with van der Waals surface area (Å²) in [7, 11) is -3.69. The molecule has 2 aromatic rings. The molecule has 3 N–H and O–H groups in total. The number of sulfonamides is 1. The Morgan fingerprint density at radius 3 is 2.46 bits per heavy atom. The third-order valence-corrected chi connectivity index (χ3v) is 4.56. The van der Waals surface area contributed by atoms with Gasteiger partial charge in [0.05, 0.1) is 11.5 Å².